The zero-order valence-electron chi connectivity index (χ0n) is 8.01. The lowest BCUT2D eigenvalue weighted by molar-refractivity contribution is -0.140. The van der Waals surface area contributed by atoms with Gasteiger partial charge in [0.2, 0.25) is 0 Å². The number of hydrogen-bond donors (Lipinski definition) is 2. The van der Waals surface area contributed by atoms with E-state index in [2.05, 4.69) is 12.2 Å². The average Bonchev–Trinajstić information content (AvgIpc) is 2.85. The number of carbonyl (C=O) groups is 1. The molecule has 0 atom stereocenters. The molecule has 0 unspecified atom stereocenters. The second-order valence-electron chi connectivity index (χ2n) is 3.36. The van der Waals surface area contributed by atoms with E-state index in [4.69, 9.17) is 5.11 Å². The van der Waals surface area contributed by atoms with Crippen LogP contribution in [0.4, 0.5) is 0 Å². The standard InChI is InChI=1S/C9H17NO2S/c1-2-13-7-3-6-10-9(4-5-9)8(11)12/h10H,2-7H2,1H3,(H,11,12). The molecule has 0 amide bonds. The van der Waals surface area contributed by atoms with Gasteiger partial charge in [-0.2, -0.15) is 11.8 Å². The zero-order valence-corrected chi connectivity index (χ0v) is 8.82. The van der Waals surface area contributed by atoms with Gasteiger partial charge >= 0.3 is 5.97 Å². The molecule has 13 heavy (non-hydrogen) atoms. The number of carboxylic acids is 1. The van der Waals surface area contributed by atoms with Crippen LogP contribution in [-0.2, 0) is 4.79 Å². The number of rotatable bonds is 7. The molecule has 0 spiro atoms. The minimum Gasteiger partial charge on any atom is -0.480 e. The van der Waals surface area contributed by atoms with Crippen LogP contribution >= 0.6 is 11.8 Å². The van der Waals surface area contributed by atoms with Gasteiger partial charge in [-0.1, -0.05) is 6.92 Å². The summed E-state index contributed by atoms with van der Waals surface area (Å²) in [6.45, 7) is 2.97. The molecule has 0 aromatic carbocycles. The van der Waals surface area contributed by atoms with Crippen LogP contribution in [0.2, 0.25) is 0 Å². The Morgan fingerprint density at radius 3 is 2.77 bits per heavy atom. The number of thioether (sulfide) groups is 1. The fourth-order valence-corrected chi connectivity index (χ4v) is 1.87. The average molecular weight is 203 g/mol. The number of carboxylic acid groups (broad SMARTS) is 1. The van der Waals surface area contributed by atoms with E-state index >= 15 is 0 Å². The van der Waals surface area contributed by atoms with E-state index in [1.54, 1.807) is 0 Å². The van der Waals surface area contributed by atoms with E-state index in [-0.39, 0.29) is 0 Å². The van der Waals surface area contributed by atoms with Crippen LogP contribution in [0.1, 0.15) is 26.2 Å². The van der Waals surface area contributed by atoms with Crippen molar-refractivity contribution in [3.8, 4) is 0 Å². The maximum atomic E-state index is 10.7. The third-order valence-electron chi connectivity index (χ3n) is 2.29. The highest BCUT2D eigenvalue weighted by atomic mass is 32.2. The molecule has 0 aliphatic heterocycles. The van der Waals surface area contributed by atoms with E-state index < -0.39 is 11.5 Å². The van der Waals surface area contributed by atoms with Crippen molar-refractivity contribution in [1.82, 2.24) is 5.32 Å². The van der Waals surface area contributed by atoms with Crippen molar-refractivity contribution in [2.75, 3.05) is 18.1 Å². The minimum atomic E-state index is -0.685. The summed E-state index contributed by atoms with van der Waals surface area (Å²) in [4.78, 5) is 10.7. The summed E-state index contributed by atoms with van der Waals surface area (Å²) in [7, 11) is 0. The van der Waals surface area contributed by atoms with Crippen molar-refractivity contribution in [1.29, 1.82) is 0 Å². The molecule has 0 saturated heterocycles. The van der Waals surface area contributed by atoms with Crippen LogP contribution < -0.4 is 5.32 Å². The molecule has 0 heterocycles. The fraction of sp³-hybridized carbons (Fsp3) is 0.889. The topological polar surface area (TPSA) is 49.3 Å². The summed E-state index contributed by atoms with van der Waals surface area (Å²) >= 11 is 1.90. The maximum absolute atomic E-state index is 10.7. The molecule has 1 saturated carbocycles. The van der Waals surface area contributed by atoms with Gasteiger partial charge in [-0.3, -0.25) is 4.79 Å². The molecule has 3 nitrogen and oxygen atoms in total. The molecule has 0 aromatic rings. The SMILES string of the molecule is CCSCCCNC1(C(=O)O)CC1. The Bertz CT molecular complexity index is 180. The Labute approximate surface area is 83.3 Å². The van der Waals surface area contributed by atoms with E-state index in [1.165, 1.54) is 0 Å². The first-order valence-corrected chi connectivity index (χ1v) is 5.93. The van der Waals surface area contributed by atoms with Crippen LogP contribution in [0.25, 0.3) is 0 Å². The van der Waals surface area contributed by atoms with E-state index in [9.17, 15) is 4.79 Å². The molecule has 2 N–H and O–H groups in total. The highest BCUT2D eigenvalue weighted by Crippen LogP contribution is 2.35. The van der Waals surface area contributed by atoms with Gasteiger partial charge in [0.15, 0.2) is 0 Å². The van der Waals surface area contributed by atoms with Crippen molar-refractivity contribution < 1.29 is 9.90 Å². The van der Waals surface area contributed by atoms with Crippen LogP contribution in [0.15, 0.2) is 0 Å². The van der Waals surface area contributed by atoms with Crippen molar-refractivity contribution in [2.45, 2.75) is 31.7 Å². The van der Waals surface area contributed by atoms with Crippen LogP contribution in [-0.4, -0.2) is 34.7 Å². The molecule has 1 aliphatic carbocycles. The summed E-state index contributed by atoms with van der Waals surface area (Å²) in [5.41, 5.74) is -0.545. The largest absolute Gasteiger partial charge is 0.480 e. The predicted molar refractivity (Wildman–Crippen MR) is 55.2 cm³/mol. The van der Waals surface area contributed by atoms with Gasteiger partial charge in [-0.05, 0) is 37.3 Å². The predicted octanol–water partition coefficient (Wildman–Crippen LogP) is 1.34. The van der Waals surface area contributed by atoms with Crippen LogP contribution in [0, 0.1) is 0 Å². The molecule has 4 heteroatoms. The molecule has 0 aromatic heterocycles. The monoisotopic (exact) mass is 203 g/mol. The normalized spacial score (nSPS) is 18.5. The molecule has 0 radical (unpaired) electrons. The summed E-state index contributed by atoms with van der Waals surface area (Å²) in [6, 6.07) is 0. The van der Waals surface area contributed by atoms with Crippen molar-refractivity contribution in [2.24, 2.45) is 0 Å². The van der Waals surface area contributed by atoms with Gasteiger partial charge in [0.1, 0.15) is 5.54 Å². The zero-order chi connectivity index (χ0) is 9.73. The first-order valence-electron chi connectivity index (χ1n) is 4.77. The molecule has 76 valence electrons. The van der Waals surface area contributed by atoms with Crippen molar-refractivity contribution in [3.05, 3.63) is 0 Å². The lowest BCUT2D eigenvalue weighted by Gasteiger charge is -2.11. The number of hydrogen-bond acceptors (Lipinski definition) is 3. The van der Waals surface area contributed by atoms with E-state index in [0.29, 0.717) is 0 Å². The molecule has 0 bridgehead atoms. The Morgan fingerprint density at radius 1 is 1.62 bits per heavy atom. The Balaban J connectivity index is 2.03. The van der Waals surface area contributed by atoms with Gasteiger partial charge in [-0.15, -0.1) is 0 Å². The maximum Gasteiger partial charge on any atom is 0.323 e. The van der Waals surface area contributed by atoms with E-state index in [1.807, 2.05) is 11.8 Å². The third kappa shape index (κ3) is 3.19. The fourth-order valence-electron chi connectivity index (χ4n) is 1.24. The molecule has 1 fully saturated rings. The van der Waals surface area contributed by atoms with Crippen LogP contribution in [0.3, 0.4) is 0 Å². The summed E-state index contributed by atoms with van der Waals surface area (Å²) < 4.78 is 0. The Hall–Kier alpha value is -0.220. The summed E-state index contributed by atoms with van der Waals surface area (Å²) in [6.07, 6.45) is 2.65. The van der Waals surface area contributed by atoms with E-state index in [0.717, 1.165) is 37.3 Å². The first kappa shape index (κ1) is 10.9. The van der Waals surface area contributed by atoms with Gasteiger partial charge in [-0.25, -0.2) is 0 Å². The second-order valence-corrected chi connectivity index (χ2v) is 4.76. The second kappa shape index (κ2) is 4.86. The number of nitrogens with one attached hydrogen (secondary N) is 1. The smallest absolute Gasteiger partial charge is 0.323 e. The Morgan fingerprint density at radius 2 is 2.31 bits per heavy atom. The van der Waals surface area contributed by atoms with Gasteiger partial charge in [0.05, 0.1) is 0 Å². The summed E-state index contributed by atoms with van der Waals surface area (Å²) in [5.74, 6) is 1.58. The lowest BCUT2D eigenvalue weighted by Crippen LogP contribution is -2.39. The minimum absolute atomic E-state index is 0.545. The molecule has 1 rings (SSSR count). The lowest BCUT2D eigenvalue weighted by atomic mass is 10.2. The van der Waals surface area contributed by atoms with Crippen molar-refractivity contribution >= 4 is 17.7 Å². The van der Waals surface area contributed by atoms with Gasteiger partial charge in [0.25, 0.3) is 0 Å². The third-order valence-corrected chi connectivity index (χ3v) is 3.28. The van der Waals surface area contributed by atoms with Crippen LogP contribution in [0.5, 0.6) is 0 Å². The van der Waals surface area contributed by atoms with Gasteiger partial charge in [0, 0.05) is 0 Å². The Kier molecular flexibility index (Phi) is 4.06. The molecule has 1 aliphatic rings. The first-order chi connectivity index (χ1) is 6.21. The van der Waals surface area contributed by atoms with Gasteiger partial charge < -0.3 is 10.4 Å². The summed E-state index contributed by atoms with van der Waals surface area (Å²) in [5, 5.41) is 12.0. The number of aliphatic carboxylic acids is 1. The quantitative estimate of drug-likeness (QED) is 0.613. The highest BCUT2D eigenvalue weighted by Gasteiger charge is 2.49. The van der Waals surface area contributed by atoms with Crippen molar-refractivity contribution in [3.63, 3.8) is 0 Å². The molecular weight excluding hydrogens is 186 g/mol. The highest BCUT2D eigenvalue weighted by molar-refractivity contribution is 7.99. The molecular formula is C9H17NO2S.